The van der Waals surface area contributed by atoms with Gasteiger partial charge in [-0.1, -0.05) is 0 Å². The number of imidazole rings is 1. The zero-order chi connectivity index (χ0) is 14.7. The van der Waals surface area contributed by atoms with Crippen molar-refractivity contribution in [2.45, 2.75) is 20.1 Å². The maximum Gasteiger partial charge on any atom is 0.354 e. The second-order valence-corrected chi connectivity index (χ2v) is 4.79. The van der Waals surface area contributed by atoms with E-state index in [9.17, 15) is 9.59 Å². The van der Waals surface area contributed by atoms with Crippen LogP contribution in [0.25, 0.3) is 0 Å². The summed E-state index contributed by atoms with van der Waals surface area (Å²) >= 11 is 0. The van der Waals surface area contributed by atoms with Crippen molar-refractivity contribution in [1.29, 1.82) is 0 Å². The molecule has 0 radical (unpaired) electrons. The molecule has 0 fully saturated rings. The first-order valence-electron chi connectivity index (χ1n) is 6.00. The predicted octanol–water partition coefficient (Wildman–Crippen LogP) is -0.655. The quantitative estimate of drug-likeness (QED) is 0.709. The lowest BCUT2D eigenvalue weighted by molar-refractivity contribution is 0.630. The van der Waals surface area contributed by atoms with Gasteiger partial charge < -0.3 is 11.1 Å². The highest BCUT2D eigenvalue weighted by Crippen LogP contribution is 2.11. The summed E-state index contributed by atoms with van der Waals surface area (Å²) in [6.45, 7) is 4.14. The molecule has 2 aromatic rings. The van der Waals surface area contributed by atoms with E-state index in [2.05, 4.69) is 15.3 Å². The van der Waals surface area contributed by atoms with E-state index >= 15 is 0 Å². The second kappa shape index (κ2) is 5.87. The van der Waals surface area contributed by atoms with Crippen LogP contribution in [0.2, 0.25) is 0 Å². The van der Waals surface area contributed by atoms with Crippen molar-refractivity contribution >= 4 is 20.6 Å². The van der Waals surface area contributed by atoms with Gasteiger partial charge >= 0.3 is 11.4 Å². The average Bonchev–Trinajstić information content (AvgIpc) is 2.82. The molecule has 0 spiro atoms. The van der Waals surface area contributed by atoms with Crippen molar-refractivity contribution in [3.05, 3.63) is 33.4 Å². The van der Waals surface area contributed by atoms with Gasteiger partial charge in [-0.3, -0.25) is 4.57 Å². The molecule has 2 rings (SSSR count). The van der Waals surface area contributed by atoms with E-state index in [0.29, 0.717) is 12.5 Å². The van der Waals surface area contributed by atoms with Gasteiger partial charge in [0.25, 0.3) is 0 Å². The summed E-state index contributed by atoms with van der Waals surface area (Å²) in [6.07, 6.45) is 3.25. The summed E-state index contributed by atoms with van der Waals surface area (Å²) in [5, 5.41) is 2.93. The second-order valence-electron chi connectivity index (χ2n) is 3.89. The fourth-order valence-corrected chi connectivity index (χ4v) is 2.37. The van der Waals surface area contributed by atoms with Crippen molar-refractivity contribution in [1.82, 2.24) is 23.4 Å². The highest BCUT2D eigenvalue weighted by Gasteiger charge is 2.10. The molecule has 1 atom stereocenters. The largest absolute Gasteiger partial charge is 0.369 e. The molecule has 0 saturated heterocycles. The molecule has 0 aromatic carbocycles. The number of hydrogen-bond acceptors (Lipinski definition) is 6. The number of anilines is 2. The maximum absolute atomic E-state index is 12.1. The number of nitrogens with two attached hydrogens (primary N) is 1. The minimum absolute atomic E-state index is 0.159. The molecule has 0 saturated carbocycles. The molecule has 108 valence electrons. The smallest absolute Gasteiger partial charge is 0.354 e. The van der Waals surface area contributed by atoms with Crippen molar-refractivity contribution in [2.24, 2.45) is 0 Å². The van der Waals surface area contributed by atoms with Crippen LogP contribution in [0.3, 0.4) is 0 Å². The van der Waals surface area contributed by atoms with Gasteiger partial charge in [-0.15, -0.1) is 0 Å². The summed E-state index contributed by atoms with van der Waals surface area (Å²) < 4.78 is 4.16. The molecule has 2 aromatic heterocycles. The molecular weight excluding hydrogens is 281 g/mol. The normalized spacial score (nSPS) is 11.3. The zero-order valence-electron chi connectivity index (χ0n) is 11.2. The highest BCUT2D eigenvalue weighted by atomic mass is 31.1. The van der Waals surface area contributed by atoms with Crippen molar-refractivity contribution in [2.75, 3.05) is 17.7 Å². The average molecular weight is 297 g/mol. The summed E-state index contributed by atoms with van der Waals surface area (Å²) in [7, 11) is 0.159. The fraction of sp³-hybridized carbons (Fsp3) is 0.400. The SMILES string of the molecule is CCn1c(=O)nc(NCn2ccnc2N)n(PC)c1=O. The zero-order valence-corrected chi connectivity index (χ0v) is 12.2. The summed E-state index contributed by atoms with van der Waals surface area (Å²) in [4.78, 5) is 31.6. The molecule has 0 bridgehead atoms. The molecule has 10 heteroatoms. The number of nitrogens with zero attached hydrogens (tertiary/aromatic N) is 5. The van der Waals surface area contributed by atoms with Crippen LogP contribution in [0.5, 0.6) is 0 Å². The Morgan fingerprint density at radius 3 is 2.75 bits per heavy atom. The van der Waals surface area contributed by atoms with Crippen LogP contribution < -0.4 is 22.4 Å². The van der Waals surface area contributed by atoms with E-state index < -0.39 is 5.69 Å². The third kappa shape index (κ3) is 2.57. The Morgan fingerprint density at radius 1 is 1.45 bits per heavy atom. The predicted molar refractivity (Wildman–Crippen MR) is 78.3 cm³/mol. The molecule has 3 N–H and O–H groups in total. The van der Waals surface area contributed by atoms with Gasteiger partial charge in [0.2, 0.25) is 11.9 Å². The van der Waals surface area contributed by atoms with Gasteiger partial charge in [0.05, 0.1) is 6.67 Å². The van der Waals surface area contributed by atoms with Gasteiger partial charge in [0.1, 0.15) is 0 Å². The lowest BCUT2D eigenvalue weighted by Gasteiger charge is -2.13. The van der Waals surface area contributed by atoms with Crippen LogP contribution in [0.4, 0.5) is 11.9 Å². The molecular formula is C10H16N7O2P. The number of nitrogens with one attached hydrogen (secondary N) is 1. The minimum atomic E-state index is -0.562. The number of rotatable bonds is 5. The lowest BCUT2D eigenvalue weighted by atomic mass is 10.7. The van der Waals surface area contributed by atoms with E-state index in [1.165, 1.54) is 4.34 Å². The van der Waals surface area contributed by atoms with Gasteiger partial charge in [-0.05, 0) is 22.3 Å². The van der Waals surface area contributed by atoms with Crippen LogP contribution in [-0.2, 0) is 13.2 Å². The van der Waals surface area contributed by atoms with E-state index in [1.54, 1.807) is 23.9 Å². The van der Waals surface area contributed by atoms with Gasteiger partial charge in [-0.25, -0.2) is 23.5 Å². The summed E-state index contributed by atoms with van der Waals surface area (Å²) in [5.41, 5.74) is 4.71. The topological polar surface area (TPSA) is 113 Å². The van der Waals surface area contributed by atoms with Gasteiger partial charge in [0.15, 0.2) is 0 Å². The molecule has 0 aliphatic heterocycles. The number of hydrogen-bond donors (Lipinski definition) is 2. The Kier molecular flexibility index (Phi) is 4.19. The monoisotopic (exact) mass is 297 g/mol. The van der Waals surface area contributed by atoms with Crippen LogP contribution in [-0.4, -0.2) is 30.1 Å². The van der Waals surface area contributed by atoms with Crippen LogP contribution in [0.1, 0.15) is 6.92 Å². The Balaban J connectivity index is 2.35. The summed E-state index contributed by atoms with van der Waals surface area (Å²) in [5.74, 6) is 0.575. The van der Waals surface area contributed by atoms with Gasteiger partial charge in [0, 0.05) is 18.9 Å². The first-order valence-corrected chi connectivity index (χ1v) is 7.45. The van der Waals surface area contributed by atoms with Crippen LogP contribution >= 0.6 is 8.73 Å². The van der Waals surface area contributed by atoms with Crippen LogP contribution in [0.15, 0.2) is 22.0 Å². The minimum Gasteiger partial charge on any atom is -0.369 e. The van der Waals surface area contributed by atoms with Gasteiger partial charge in [-0.2, -0.15) is 4.98 Å². The standard InChI is InChI=1S/C10H16N7O2P/c1-3-16-9(18)14-8(17(20-2)10(16)19)13-6-15-5-4-12-7(15)11/h4-5,20H,3,6H2,1-2H3,(H2,11,12)(H,13,14,18). The number of nitrogen functional groups attached to an aromatic ring is 1. The molecule has 9 nitrogen and oxygen atoms in total. The third-order valence-electron chi connectivity index (χ3n) is 2.76. The number of aromatic nitrogens is 5. The Labute approximate surface area is 116 Å². The van der Waals surface area contributed by atoms with E-state index in [0.717, 1.165) is 4.57 Å². The lowest BCUT2D eigenvalue weighted by Crippen LogP contribution is -2.40. The van der Waals surface area contributed by atoms with Crippen molar-refractivity contribution < 1.29 is 0 Å². The first-order chi connectivity index (χ1) is 9.58. The first kappa shape index (κ1) is 14.3. The third-order valence-corrected chi connectivity index (χ3v) is 3.61. The Bertz CT molecular complexity index is 717. The van der Waals surface area contributed by atoms with Crippen molar-refractivity contribution in [3.63, 3.8) is 0 Å². The molecule has 0 amide bonds. The van der Waals surface area contributed by atoms with Crippen LogP contribution in [0, 0.1) is 0 Å². The molecule has 20 heavy (non-hydrogen) atoms. The molecule has 2 heterocycles. The van der Waals surface area contributed by atoms with Crippen molar-refractivity contribution in [3.8, 4) is 0 Å². The van der Waals surface area contributed by atoms with E-state index in [4.69, 9.17) is 5.73 Å². The maximum atomic E-state index is 12.1. The Morgan fingerprint density at radius 2 is 2.20 bits per heavy atom. The molecule has 1 unspecified atom stereocenters. The van der Waals surface area contributed by atoms with E-state index in [1.807, 2.05) is 6.66 Å². The summed E-state index contributed by atoms with van der Waals surface area (Å²) in [6, 6.07) is 0. The molecule has 0 aliphatic carbocycles. The fourth-order valence-electron chi connectivity index (χ4n) is 1.72. The Hall–Kier alpha value is -2.15. The van der Waals surface area contributed by atoms with E-state index in [-0.39, 0.29) is 27.0 Å². The highest BCUT2D eigenvalue weighted by molar-refractivity contribution is 7.35. The molecule has 0 aliphatic rings.